The summed E-state index contributed by atoms with van der Waals surface area (Å²) >= 11 is 0. The van der Waals surface area contributed by atoms with Gasteiger partial charge in [0.05, 0.1) is 6.61 Å². The molecule has 4 heteroatoms. The van der Waals surface area contributed by atoms with E-state index in [0.717, 1.165) is 10.9 Å². The van der Waals surface area contributed by atoms with E-state index < -0.39 is 0 Å². The molecule has 4 aromatic rings. The van der Waals surface area contributed by atoms with Gasteiger partial charge in [0.2, 0.25) is 0 Å². The summed E-state index contributed by atoms with van der Waals surface area (Å²) in [4.78, 5) is 0. The van der Waals surface area contributed by atoms with Crippen LogP contribution in [-0.2, 0) is 28.3 Å². The fraction of sp³-hybridized carbons (Fsp3) is 0.0769. The van der Waals surface area contributed by atoms with Gasteiger partial charge in [0.25, 0.3) is 0 Å². The van der Waals surface area contributed by atoms with Crippen molar-refractivity contribution in [1.29, 1.82) is 0 Å². The molecule has 5 rings (SSSR count). The first-order valence-corrected chi connectivity index (χ1v) is 9.34. The predicted molar refractivity (Wildman–Crippen MR) is 112 cm³/mol. The molecule has 1 nitrogen and oxygen atoms in total. The summed E-state index contributed by atoms with van der Waals surface area (Å²) in [6.45, 7) is 0.0391. The zero-order chi connectivity index (χ0) is 18.2. The maximum absolute atomic E-state index is 10.3. The Morgan fingerprint density at radius 2 is 1.33 bits per heavy atom. The molecule has 0 fully saturated rings. The average Bonchev–Trinajstić information content (AvgIpc) is 3.13. The molecule has 0 aliphatic heterocycles. The summed E-state index contributed by atoms with van der Waals surface area (Å²) in [5, 5.41) is 12.6. The second-order valence-corrected chi connectivity index (χ2v) is 7.04. The Kier molecular flexibility index (Phi) is 8.49. The summed E-state index contributed by atoms with van der Waals surface area (Å²) in [6, 6.07) is 31.8. The minimum atomic E-state index is 0. The van der Waals surface area contributed by atoms with Crippen LogP contribution < -0.4 is 24.8 Å². The van der Waals surface area contributed by atoms with Crippen LogP contribution in [0.4, 0.5) is 0 Å². The predicted octanol–water partition coefficient (Wildman–Crippen LogP) is 0.0237. The Bertz CT molecular complexity index is 1170. The number of fused-ring (bicyclic) bond motifs is 2. The van der Waals surface area contributed by atoms with Crippen molar-refractivity contribution in [3.63, 3.8) is 0 Å². The quantitative estimate of drug-likeness (QED) is 0.422. The Morgan fingerprint density at radius 3 is 2.10 bits per heavy atom. The molecule has 1 N–H and O–H groups in total. The first kappa shape index (κ1) is 24.4. The monoisotopic (exact) mass is 466 g/mol. The van der Waals surface area contributed by atoms with Gasteiger partial charge in [0, 0.05) is 5.92 Å². The van der Waals surface area contributed by atoms with Gasteiger partial charge in [-0.25, -0.2) is 0 Å². The average molecular weight is 467 g/mol. The Labute approximate surface area is 204 Å². The maximum atomic E-state index is 10.3. The third-order valence-electron chi connectivity index (χ3n) is 5.58. The number of rotatable bonds is 3. The number of aliphatic hydroxyl groups is 1. The second-order valence-electron chi connectivity index (χ2n) is 7.04. The van der Waals surface area contributed by atoms with Crippen LogP contribution in [0.25, 0.3) is 22.4 Å². The van der Waals surface area contributed by atoms with Crippen LogP contribution in [0, 0.1) is 0 Å². The number of allylic oxidation sites excluding steroid dienone is 1. The summed E-state index contributed by atoms with van der Waals surface area (Å²) in [6.07, 6.45) is 2.30. The zero-order valence-electron chi connectivity index (χ0n) is 16.2. The fourth-order valence-electron chi connectivity index (χ4n) is 4.34. The van der Waals surface area contributed by atoms with Crippen molar-refractivity contribution in [2.24, 2.45) is 0 Å². The molecule has 4 aromatic carbocycles. The van der Waals surface area contributed by atoms with Gasteiger partial charge < -0.3 is 29.9 Å². The minimum Gasteiger partial charge on any atom is -1.00 e. The number of aliphatic hydroxyl groups excluding tert-OH is 1. The summed E-state index contributed by atoms with van der Waals surface area (Å²) < 4.78 is 0. The molecule has 30 heavy (non-hydrogen) atoms. The van der Waals surface area contributed by atoms with Crippen molar-refractivity contribution in [1.82, 2.24) is 0 Å². The minimum absolute atomic E-state index is 0. The Hall–Kier alpha value is -1.87. The van der Waals surface area contributed by atoms with Crippen LogP contribution >= 0.6 is 0 Å². The van der Waals surface area contributed by atoms with E-state index in [1.54, 1.807) is 0 Å². The van der Waals surface area contributed by atoms with Gasteiger partial charge in [-0.15, -0.1) is 0 Å². The zero-order valence-corrected chi connectivity index (χ0v) is 19.3. The molecule has 0 saturated heterocycles. The van der Waals surface area contributed by atoms with E-state index in [0.29, 0.717) is 0 Å². The van der Waals surface area contributed by atoms with Crippen molar-refractivity contribution in [3.05, 3.63) is 119 Å². The SMILES string of the molecule is OCc1c(C2C(c3ccccc3)=Cc3ccccc32)ccc2ccccc12.[Cl-].[Cl-].[Ti+2]. The van der Waals surface area contributed by atoms with Gasteiger partial charge in [-0.3, -0.25) is 0 Å². The second kappa shape index (κ2) is 10.4. The van der Waals surface area contributed by atoms with Crippen molar-refractivity contribution in [2.75, 3.05) is 0 Å². The molecular weight excluding hydrogens is 447 g/mol. The first-order valence-electron chi connectivity index (χ1n) is 9.34. The summed E-state index contributed by atoms with van der Waals surface area (Å²) in [7, 11) is 0. The van der Waals surface area contributed by atoms with Gasteiger partial charge in [0.15, 0.2) is 0 Å². The van der Waals surface area contributed by atoms with Gasteiger partial charge in [0.1, 0.15) is 0 Å². The third-order valence-corrected chi connectivity index (χ3v) is 5.58. The van der Waals surface area contributed by atoms with E-state index in [2.05, 4.69) is 84.9 Å². The molecule has 0 heterocycles. The molecule has 0 aromatic heterocycles. The molecule has 1 aliphatic carbocycles. The fourth-order valence-corrected chi connectivity index (χ4v) is 4.34. The molecule has 1 aliphatic rings. The van der Waals surface area contributed by atoms with E-state index in [4.69, 9.17) is 0 Å². The largest absolute Gasteiger partial charge is 2.00 e. The molecule has 0 saturated carbocycles. The van der Waals surface area contributed by atoms with E-state index in [-0.39, 0.29) is 59.1 Å². The number of benzene rings is 4. The normalized spacial score (nSPS) is 14.0. The van der Waals surface area contributed by atoms with Gasteiger partial charge >= 0.3 is 21.7 Å². The third kappa shape index (κ3) is 4.14. The van der Waals surface area contributed by atoms with E-state index in [1.807, 2.05) is 12.1 Å². The summed E-state index contributed by atoms with van der Waals surface area (Å²) in [5.41, 5.74) is 7.31. The Morgan fingerprint density at radius 1 is 0.667 bits per heavy atom. The van der Waals surface area contributed by atoms with E-state index in [9.17, 15) is 5.11 Å². The van der Waals surface area contributed by atoms with Gasteiger partial charge in [-0.1, -0.05) is 91.0 Å². The molecule has 1 atom stereocenters. The Balaban J connectivity index is 0.00000107. The molecule has 148 valence electrons. The van der Waals surface area contributed by atoms with E-state index >= 15 is 0 Å². The summed E-state index contributed by atoms with van der Waals surface area (Å²) in [5.74, 6) is 0.135. The number of halogens is 2. The van der Waals surface area contributed by atoms with Gasteiger partial charge in [-0.05, 0) is 50.2 Å². The van der Waals surface area contributed by atoms with Crippen LogP contribution in [0.2, 0.25) is 0 Å². The maximum Gasteiger partial charge on any atom is 2.00 e. The van der Waals surface area contributed by atoms with Crippen molar-refractivity contribution >= 4 is 22.4 Å². The number of hydrogen-bond donors (Lipinski definition) is 1. The first-order chi connectivity index (χ1) is 13.4. The molecule has 0 spiro atoms. The van der Waals surface area contributed by atoms with E-state index in [1.165, 1.54) is 33.2 Å². The standard InChI is InChI=1S/C26H20O.2ClH.Ti/c27-17-25-21-12-6-4-10-19(21)14-15-23(25)26-22-13-7-5-11-20(22)16-24(26)18-8-2-1-3-9-18;;;/h1-16,26-27H,17H2;2*1H;/q;;;+2/p-2. The smallest absolute Gasteiger partial charge is 1.00 e. The molecular formula is C26H20Cl2OTi. The van der Waals surface area contributed by atoms with Crippen LogP contribution in [0.3, 0.4) is 0 Å². The topological polar surface area (TPSA) is 20.2 Å². The molecule has 1 unspecified atom stereocenters. The van der Waals surface area contributed by atoms with Crippen molar-refractivity contribution in [3.8, 4) is 0 Å². The van der Waals surface area contributed by atoms with Crippen LogP contribution in [-0.4, -0.2) is 5.11 Å². The van der Waals surface area contributed by atoms with Gasteiger partial charge in [-0.2, -0.15) is 0 Å². The van der Waals surface area contributed by atoms with Crippen molar-refractivity contribution < 1.29 is 51.6 Å². The van der Waals surface area contributed by atoms with Crippen LogP contribution in [0.1, 0.15) is 33.7 Å². The number of hydrogen-bond acceptors (Lipinski definition) is 1. The van der Waals surface area contributed by atoms with Crippen LogP contribution in [0.15, 0.2) is 91.0 Å². The molecule has 0 bridgehead atoms. The van der Waals surface area contributed by atoms with Crippen molar-refractivity contribution in [2.45, 2.75) is 12.5 Å². The van der Waals surface area contributed by atoms with Crippen LogP contribution in [0.5, 0.6) is 0 Å². The molecule has 0 amide bonds. The molecule has 0 radical (unpaired) electrons.